The van der Waals surface area contributed by atoms with E-state index in [0.29, 0.717) is 30.9 Å². The lowest BCUT2D eigenvalue weighted by Crippen LogP contribution is -2.40. The van der Waals surface area contributed by atoms with Crippen molar-refractivity contribution in [2.75, 3.05) is 13.1 Å². The van der Waals surface area contributed by atoms with Crippen LogP contribution < -0.4 is 0 Å². The van der Waals surface area contributed by atoms with Gasteiger partial charge < -0.3 is 10.0 Å². The Morgan fingerprint density at radius 2 is 2.12 bits per heavy atom. The van der Waals surface area contributed by atoms with Gasteiger partial charge in [0.1, 0.15) is 0 Å². The molecule has 1 aromatic heterocycles. The van der Waals surface area contributed by atoms with Gasteiger partial charge in [0.25, 0.3) is 5.91 Å². The predicted molar refractivity (Wildman–Crippen MR) is 58.4 cm³/mol. The lowest BCUT2D eigenvalue weighted by Gasteiger charge is -2.29. The lowest BCUT2D eigenvalue weighted by atomic mass is 9.97. The number of carbonyl (C=O) groups excluding carboxylic acids is 1. The van der Waals surface area contributed by atoms with E-state index in [0.717, 1.165) is 0 Å². The molecule has 2 rings (SSSR count). The molecule has 1 aromatic rings. The van der Waals surface area contributed by atoms with E-state index in [1.54, 1.807) is 16.5 Å². The van der Waals surface area contributed by atoms with Crippen molar-refractivity contribution in [2.24, 2.45) is 5.92 Å². The van der Waals surface area contributed by atoms with Gasteiger partial charge in [0.2, 0.25) is 0 Å². The highest BCUT2D eigenvalue weighted by atomic mass is 32.1. The largest absolute Gasteiger partial charge is 0.481 e. The van der Waals surface area contributed by atoms with Crippen LogP contribution in [0.5, 0.6) is 0 Å². The Balaban J connectivity index is 1.94. The van der Waals surface area contributed by atoms with Crippen LogP contribution in [0.25, 0.3) is 0 Å². The Morgan fingerprint density at radius 3 is 2.62 bits per heavy atom. The number of likely N-dealkylation sites (tertiary alicyclic amines) is 1. The maximum atomic E-state index is 11.9. The van der Waals surface area contributed by atoms with E-state index in [4.69, 9.17) is 5.11 Å². The molecule has 0 spiro atoms. The third-order valence-electron chi connectivity index (χ3n) is 2.75. The van der Waals surface area contributed by atoms with Crippen LogP contribution in [-0.2, 0) is 4.79 Å². The fourth-order valence-corrected chi connectivity index (χ4v) is 2.40. The van der Waals surface area contributed by atoms with Crippen molar-refractivity contribution in [3.8, 4) is 0 Å². The molecule has 1 fully saturated rings. The molecule has 0 aliphatic carbocycles. The molecule has 1 amide bonds. The van der Waals surface area contributed by atoms with Gasteiger partial charge in [-0.15, -0.1) is 11.3 Å². The van der Waals surface area contributed by atoms with E-state index in [9.17, 15) is 9.59 Å². The number of piperidine rings is 1. The van der Waals surface area contributed by atoms with Gasteiger partial charge in [-0.1, -0.05) is 0 Å². The second-order valence-electron chi connectivity index (χ2n) is 3.74. The first-order chi connectivity index (χ1) is 7.68. The molecule has 6 heteroatoms. The smallest absolute Gasteiger partial charge is 0.306 e. The summed E-state index contributed by atoms with van der Waals surface area (Å²) in [5.74, 6) is -1.15. The minimum Gasteiger partial charge on any atom is -0.481 e. The van der Waals surface area contributed by atoms with Crippen molar-refractivity contribution >= 4 is 23.2 Å². The van der Waals surface area contributed by atoms with Crippen LogP contribution in [0, 0.1) is 5.92 Å². The SMILES string of the molecule is O=C(O)C1CCN(C(=O)c2nccs2)CC1. The molecule has 0 atom stereocenters. The highest BCUT2D eigenvalue weighted by Crippen LogP contribution is 2.19. The van der Waals surface area contributed by atoms with Gasteiger partial charge in [-0.2, -0.15) is 0 Å². The summed E-state index contributed by atoms with van der Waals surface area (Å²) >= 11 is 1.31. The number of nitrogens with zero attached hydrogens (tertiary/aromatic N) is 2. The van der Waals surface area contributed by atoms with Crippen LogP contribution in [0.3, 0.4) is 0 Å². The van der Waals surface area contributed by atoms with Crippen LogP contribution in [0.2, 0.25) is 0 Å². The number of amides is 1. The van der Waals surface area contributed by atoms with Crippen LogP contribution in [0.4, 0.5) is 0 Å². The quantitative estimate of drug-likeness (QED) is 0.839. The average Bonchev–Trinajstić information content (AvgIpc) is 2.81. The van der Waals surface area contributed by atoms with Gasteiger partial charge in [-0.3, -0.25) is 9.59 Å². The summed E-state index contributed by atoms with van der Waals surface area (Å²) in [6.45, 7) is 1.02. The second kappa shape index (κ2) is 4.61. The molecule has 1 aliphatic rings. The first-order valence-electron chi connectivity index (χ1n) is 5.10. The molecule has 1 aliphatic heterocycles. The second-order valence-corrected chi connectivity index (χ2v) is 4.64. The van der Waals surface area contributed by atoms with Crippen LogP contribution in [0.15, 0.2) is 11.6 Å². The number of hydrogen-bond donors (Lipinski definition) is 1. The molecule has 0 saturated carbocycles. The first-order valence-corrected chi connectivity index (χ1v) is 5.98. The maximum Gasteiger partial charge on any atom is 0.306 e. The van der Waals surface area contributed by atoms with E-state index in [2.05, 4.69) is 4.98 Å². The maximum absolute atomic E-state index is 11.9. The molecule has 0 radical (unpaired) electrons. The summed E-state index contributed by atoms with van der Waals surface area (Å²) in [4.78, 5) is 28.2. The first kappa shape index (κ1) is 11.1. The minimum atomic E-state index is -0.763. The number of thiazole rings is 1. The van der Waals surface area contributed by atoms with E-state index in [1.807, 2.05) is 0 Å². The minimum absolute atomic E-state index is 0.0844. The zero-order valence-corrected chi connectivity index (χ0v) is 9.44. The molecule has 0 bridgehead atoms. The third-order valence-corrected chi connectivity index (χ3v) is 3.51. The number of carboxylic acid groups (broad SMARTS) is 1. The van der Waals surface area contributed by atoms with Crippen molar-refractivity contribution in [1.29, 1.82) is 0 Å². The van der Waals surface area contributed by atoms with E-state index in [1.165, 1.54) is 11.3 Å². The van der Waals surface area contributed by atoms with Crippen molar-refractivity contribution in [1.82, 2.24) is 9.88 Å². The Labute approximate surface area is 96.7 Å². The van der Waals surface area contributed by atoms with Gasteiger partial charge in [-0.25, -0.2) is 4.98 Å². The van der Waals surface area contributed by atoms with Gasteiger partial charge >= 0.3 is 5.97 Å². The summed E-state index contributed by atoms with van der Waals surface area (Å²) in [7, 11) is 0. The number of aliphatic carboxylic acids is 1. The molecule has 5 nitrogen and oxygen atoms in total. The highest BCUT2D eigenvalue weighted by molar-refractivity contribution is 7.11. The topological polar surface area (TPSA) is 70.5 Å². The summed E-state index contributed by atoms with van der Waals surface area (Å²) < 4.78 is 0. The van der Waals surface area contributed by atoms with Crippen LogP contribution in [0.1, 0.15) is 22.6 Å². The van der Waals surface area contributed by atoms with Crippen molar-refractivity contribution in [3.63, 3.8) is 0 Å². The molecule has 16 heavy (non-hydrogen) atoms. The number of aromatic nitrogens is 1. The lowest BCUT2D eigenvalue weighted by molar-refractivity contribution is -0.143. The van der Waals surface area contributed by atoms with Gasteiger partial charge in [-0.05, 0) is 12.8 Å². The standard InChI is InChI=1S/C10H12N2O3S/c13-9(8-11-3-6-16-8)12-4-1-7(2-5-12)10(14)15/h3,6-7H,1-2,4-5H2,(H,14,15). The highest BCUT2D eigenvalue weighted by Gasteiger charge is 2.28. The Morgan fingerprint density at radius 1 is 1.44 bits per heavy atom. The number of carbonyl (C=O) groups is 2. The molecular weight excluding hydrogens is 228 g/mol. The molecule has 1 saturated heterocycles. The number of carboxylic acids is 1. The molecular formula is C10H12N2O3S. The van der Waals surface area contributed by atoms with Gasteiger partial charge in [0.05, 0.1) is 5.92 Å². The Hall–Kier alpha value is -1.43. The van der Waals surface area contributed by atoms with E-state index < -0.39 is 5.97 Å². The van der Waals surface area contributed by atoms with Crippen molar-refractivity contribution in [2.45, 2.75) is 12.8 Å². The number of rotatable bonds is 2. The zero-order valence-electron chi connectivity index (χ0n) is 8.63. The van der Waals surface area contributed by atoms with Gasteiger partial charge in [0, 0.05) is 24.7 Å². The van der Waals surface area contributed by atoms with E-state index in [-0.39, 0.29) is 11.8 Å². The molecule has 86 valence electrons. The fourth-order valence-electron chi connectivity index (χ4n) is 1.79. The van der Waals surface area contributed by atoms with Crippen LogP contribution >= 0.6 is 11.3 Å². The number of hydrogen-bond acceptors (Lipinski definition) is 4. The van der Waals surface area contributed by atoms with Crippen molar-refractivity contribution < 1.29 is 14.7 Å². The normalized spacial score (nSPS) is 17.4. The average molecular weight is 240 g/mol. The van der Waals surface area contributed by atoms with Gasteiger partial charge in [0.15, 0.2) is 5.01 Å². The van der Waals surface area contributed by atoms with E-state index >= 15 is 0 Å². The third kappa shape index (κ3) is 2.21. The summed E-state index contributed by atoms with van der Waals surface area (Å²) in [6, 6.07) is 0. The zero-order chi connectivity index (χ0) is 11.5. The summed E-state index contributed by atoms with van der Waals surface area (Å²) in [6.07, 6.45) is 2.67. The Bertz CT molecular complexity index is 383. The fraction of sp³-hybridized carbons (Fsp3) is 0.500. The molecule has 2 heterocycles. The summed E-state index contributed by atoms with van der Waals surface area (Å²) in [5.41, 5.74) is 0. The Kier molecular flexibility index (Phi) is 3.19. The monoisotopic (exact) mass is 240 g/mol. The molecule has 0 unspecified atom stereocenters. The summed E-state index contributed by atoms with van der Waals surface area (Å²) in [5, 5.41) is 11.1. The predicted octanol–water partition coefficient (Wildman–Crippen LogP) is 1.08. The van der Waals surface area contributed by atoms with Crippen LogP contribution in [-0.4, -0.2) is 40.0 Å². The van der Waals surface area contributed by atoms with Crippen molar-refractivity contribution in [3.05, 3.63) is 16.6 Å². The molecule has 0 aromatic carbocycles. The molecule has 1 N–H and O–H groups in total.